The molecular weight excluding hydrogens is 893 g/mol. The fourth-order valence-corrected chi connectivity index (χ4v) is 8.19. The smallest absolute Gasteiger partial charge is 0.412 e. The molecule has 2 amide bonds. The van der Waals surface area contributed by atoms with E-state index in [1.165, 1.54) is 43.3 Å². The molecule has 386 valence electrons. The summed E-state index contributed by atoms with van der Waals surface area (Å²) in [5.74, 6) is 0.155. The molecule has 0 aromatic heterocycles. The molecule has 2 aromatic rings. The van der Waals surface area contributed by atoms with Crippen molar-refractivity contribution in [2.24, 2.45) is 11.8 Å². The molecule has 0 spiro atoms. The molecule has 0 unspecified atom stereocenters. The molecule has 4 rings (SSSR count). The van der Waals surface area contributed by atoms with Crippen LogP contribution >= 0.6 is 0 Å². The van der Waals surface area contributed by atoms with Gasteiger partial charge in [0.05, 0.1) is 26.6 Å². The molecule has 17 heteroatoms. The van der Waals surface area contributed by atoms with Crippen LogP contribution in [0.3, 0.4) is 0 Å². The van der Waals surface area contributed by atoms with E-state index in [0.717, 1.165) is 22.6 Å². The van der Waals surface area contributed by atoms with Gasteiger partial charge in [-0.2, -0.15) is 0 Å². The highest BCUT2D eigenvalue weighted by molar-refractivity contribution is 5.87. The van der Waals surface area contributed by atoms with Gasteiger partial charge >= 0.3 is 24.1 Å². The molecule has 8 atom stereocenters. The topological polar surface area (TPSA) is 195 Å². The van der Waals surface area contributed by atoms with E-state index in [0.29, 0.717) is 51.4 Å². The second-order valence-electron chi connectivity index (χ2n) is 19.5. The number of hydrogen-bond donors (Lipinski definition) is 1. The Bertz CT molecular complexity index is 1940. The number of methoxy groups -OCH3 is 4. The predicted octanol–water partition coefficient (Wildman–Crippen LogP) is 8.21. The summed E-state index contributed by atoms with van der Waals surface area (Å²) in [7, 11) is 6.15. The number of carbonyl (C=O) groups excluding carboxylic acids is 5. The highest BCUT2D eigenvalue weighted by atomic mass is 16.6. The van der Waals surface area contributed by atoms with Crippen LogP contribution in [0.15, 0.2) is 60.9 Å². The average molecular weight is 971 g/mol. The van der Waals surface area contributed by atoms with Crippen molar-refractivity contribution in [1.29, 1.82) is 0 Å². The zero-order valence-corrected chi connectivity index (χ0v) is 43.0. The van der Waals surface area contributed by atoms with Crippen LogP contribution in [0.25, 0.3) is 0 Å². The number of rotatable bonds is 15. The number of amides is 2. The maximum absolute atomic E-state index is 13.3. The van der Waals surface area contributed by atoms with Gasteiger partial charge in [-0.1, -0.05) is 37.1 Å². The second kappa shape index (κ2) is 27.7. The number of carbonyl (C=O) groups is 5. The molecule has 2 aliphatic rings. The zero-order valence-electron chi connectivity index (χ0n) is 43.0. The van der Waals surface area contributed by atoms with Crippen molar-refractivity contribution in [3.8, 4) is 11.5 Å². The summed E-state index contributed by atoms with van der Waals surface area (Å²) in [5, 5.41) is 10.9. The van der Waals surface area contributed by atoms with Gasteiger partial charge in [0.2, 0.25) is 0 Å². The van der Waals surface area contributed by atoms with Crippen LogP contribution < -0.4 is 9.47 Å². The van der Waals surface area contributed by atoms with Crippen molar-refractivity contribution in [2.45, 2.75) is 161 Å². The number of benzene rings is 2. The van der Waals surface area contributed by atoms with E-state index in [4.69, 9.17) is 42.6 Å². The highest BCUT2D eigenvalue weighted by Crippen LogP contribution is 2.31. The lowest BCUT2D eigenvalue weighted by Gasteiger charge is -2.32. The van der Waals surface area contributed by atoms with Crippen LogP contribution in [-0.2, 0) is 60.4 Å². The van der Waals surface area contributed by atoms with Crippen LogP contribution in [0.2, 0.25) is 0 Å². The number of ether oxygens (including phenoxy) is 9. The molecule has 0 saturated carbocycles. The normalized spacial score (nSPS) is 23.6. The van der Waals surface area contributed by atoms with E-state index in [-0.39, 0.29) is 31.1 Å². The number of aliphatic hydroxyl groups is 1. The van der Waals surface area contributed by atoms with Crippen molar-refractivity contribution < 1.29 is 71.7 Å². The highest BCUT2D eigenvalue weighted by Gasteiger charge is 2.41. The summed E-state index contributed by atoms with van der Waals surface area (Å²) in [6, 6.07) is 13.8. The summed E-state index contributed by atoms with van der Waals surface area (Å²) in [5.41, 5.74) is 0.709. The third kappa shape index (κ3) is 19.5. The van der Waals surface area contributed by atoms with Crippen molar-refractivity contribution in [3.63, 3.8) is 0 Å². The molecule has 2 aliphatic heterocycles. The molecule has 0 aliphatic carbocycles. The minimum absolute atomic E-state index is 0.0241. The Kier molecular flexibility index (Phi) is 23.3. The summed E-state index contributed by atoms with van der Waals surface area (Å²) < 4.78 is 49.3. The molecule has 2 heterocycles. The Morgan fingerprint density at radius 1 is 0.652 bits per heavy atom. The van der Waals surface area contributed by atoms with Gasteiger partial charge in [-0.25, -0.2) is 19.2 Å². The quantitative estimate of drug-likeness (QED) is 0.0589. The fraction of sp³-hybridized carbons (Fsp3) is 0.635. The third-order valence-corrected chi connectivity index (χ3v) is 11.5. The number of hydrogen-bond acceptors (Lipinski definition) is 15. The first-order valence-electron chi connectivity index (χ1n) is 23.6. The molecule has 0 bridgehead atoms. The molecule has 2 aromatic carbocycles. The Balaban J connectivity index is 0.000000369. The lowest BCUT2D eigenvalue weighted by atomic mass is 9.86. The van der Waals surface area contributed by atoms with Gasteiger partial charge in [0.25, 0.3) is 0 Å². The summed E-state index contributed by atoms with van der Waals surface area (Å²) >= 11 is 0. The first kappa shape index (κ1) is 57.9. The second-order valence-corrected chi connectivity index (χ2v) is 19.5. The van der Waals surface area contributed by atoms with Crippen LogP contribution in [-0.4, -0.2) is 134 Å². The molecule has 69 heavy (non-hydrogen) atoms. The number of nitrogens with zero attached hydrogens (tertiary/aromatic N) is 2. The largest absolute Gasteiger partial charge is 0.497 e. The number of allylic oxidation sites excluding steroid dienone is 1. The molecule has 1 N–H and O–H groups in total. The molecule has 2 saturated heterocycles. The van der Waals surface area contributed by atoms with Gasteiger partial charge in [0.1, 0.15) is 66.6 Å². The summed E-state index contributed by atoms with van der Waals surface area (Å²) in [4.78, 5) is 65.9. The third-order valence-electron chi connectivity index (χ3n) is 11.5. The average Bonchev–Trinajstić information content (AvgIpc) is 3.35. The van der Waals surface area contributed by atoms with Crippen molar-refractivity contribution in [2.75, 3.05) is 41.9 Å². The van der Waals surface area contributed by atoms with Gasteiger partial charge in [-0.05, 0) is 142 Å². The summed E-state index contributed by atoms with van der Waals surface area (Å²) in [6.07, 6.45) is 3.48. The molecule has 17 nitrogen and oxygen atoms in total. The lowest BCUT2D eigenvalue weighted by Crippen LogP contribution is -2.49. The first-order chi connectivity index (χ1) is 32.5. The Morgan fingerprint density at radius 2 is 1.06 bits per heavy atom. The molecule has 2 fully saturated rings. The van der Waals surface area contributed by atoms with Gasteiger partial charge in [0.15, 0.2) is 5.78 Å². The van der Waals surface area contributed by atoms with Gasteiger partial charge in [0, 0.05) is 26.2 Å². The first-order valence-corrected chi connectivity index (χ1v) is 23.6. The lowest BCUT2D eigenvalue weighted by molar-refractivity contribution is -0.163. The minimum atomic E-state index is -0.870. The molecular formula is C52H78N2O15. The van der Waals surface area contributed by atoms with Crippen LogP contribution in [0.1, 0.15) is 112 Å². The number of cyclic esters (lactones) is 2. The Labute approximate surface area is 409 Å². The Hall–Kier alpha value is -5.39. The van der Waals surface area contributed by atoms with Gasteiger partial charge < -0.3 is 47.7 Å². The SMILES string of the molecule is COCN(C(=O)OC(C)(C)C)[C@H]1CCC[C@H](Cc2ccc(OC)cc2)[C@@H](O)[C@H](C)OC1=O.COCN(C(=O)OC(C)(C)C)[C@H]1CCC[C@H](Cc2ccc(OC)cc2)[C@@H](O/C=C/C(C)=O)[C@H](C)OC1=O. The van der Waals surface area contributed by atoms with Crippen LogP contribution in [0, 0.1) is 11.8 Å². The standard InChI is InChI=1S/C28H41NO8.C24H37NO7/c1-19(30)15-16-35-25-20(2)36-26(31)24(29(18-33-6)27(32)37-28(3,4)5)10-8-9-22(25)17-21-11-13-23(34-7)14-12-21;1-16-21(26)18(14-17-10-12-19(30-6)13-11-17)8-7-9-20(22(27)31-16)25(15-29-5)23(28)32-24(2,3)4/h11-16,20,22,24-25H,8-10,17-18H2,1-7H3;10-13,16,18,20-21,26H,7-9,14-15H2,1-6H3/b16-15+;/t20-,22+,24-,25-;16-,18+,20-,21-/m00/s1. The van der Waals surface area contributed by atoms with E-state index in [2.05, 4.69) is 0 Å². The van der Waals surface area contributed by atoms with Crippen molar-refractivity contribution >= 4 is 29.9 Å². The fourth-order valence-electron chi connectivity index (χ4n) is 8.19. The van der Waals surface area contributed by atoms with Gasteiger partial charge in [-0.15, -0.1) is 0 Å². The van der Waals surface area contributed by atoms with E-state index in [1.54, 1.807) is 69.6 Å². The van der Waals surface area contributed by atoms with E-state index in [1.807, 2.05) is 48.5 Å². The number of esters is 2. The Morgan fingerprint density at radius 3 is 1.45 bits per heavy atom. The number of ketones is 1. The monoisotopic (exact) mass is 971 g/mol. The van der Waals surface area contributed by atoms with E-state index < -0.39 is 71.8 Å². The maximum atomic E-state index is 13.3. The molecule has 0 radical (unpaired) electrons. The van der Waals surface area contributed by atoms with Gasteiger partial charge in [-0.3, -0.25) is 14.6 Å². The number of aliphatic hydroxyl groups excluding tert-OH is 1. The van der Waals surface area contributed by atoms with E-state index >= 15 is 0 Å². The van der Waals surface area contributed by atoms with Crippen molar-refractivity contribution in [3.05, 3.63) is 72.0 Å². The van der Waals surface area contributed by atoms with Crippen LogP contribution in [0.5, 0.6) is 11.5 Å². The summed E-state index contributed by atoms with van der Waals surface area (Å²) in [6.45, 7) is 15.3. The predicted molar refractivity (Wildman–Crippen MR) is 257 cm³/mol. The van der Waals surface area contributed by atoms with E-state index in [9.17, 15) is 29.1 Å². The zero-order chi connectivity index (χ0) is 51.5. The van der Waals surface area contributed by atoms with Crippen molar-refractivity contribution in [1.82, 2.24) is 9.80 Å². The van der Waals surface area contributed by atoms with Crippen LogP contribution in [0.4, 0.5) is 9.59 Å². The maximum Gasteiger partial charge on any atom is 0.412 e. The minimum Gasteiger partial charge on any atom is -0.497 e.